The fraction of sp³-hybridized carbons (Fsp3) is 0.333. The van der Waals surface area contributed by atoms with Crippen molar-refractivity contribution in [2.75, 3.05) is 13.7 Å². The summed E-state index contributed by atoms with van der Waals surface area (Å²) in [6.07, 6.45) is 0.764. The molecular formula is C24H21Br2N3O7. The number of imide groups is 1. The highest BCUT2D eigenvalue weighted by atomic mass is 79.9. The minimum Gasteiger partial charge on any atom is -0.497 e. The summed E-state index contributed by atoms with van der Waals surface area (Å²) in [6.45, 7) is -0.611. The van der Waals surface area contributed by atoms with E-state index in [0.717, 1.165) is 16.1 Å². The molecule has 0 aromatic heterocycles. The third kappa shape index (κ3) is 4.92. The second-order valence-corrected chi connectivity index (χ2v) is 10.9. The summed E-state index contributed by atoms with van der Waals surface area (Å²) in [7, 11) is 1.48. The molecule has 0 radical (unpaired) electrons. The van der Waals surface area contributed by atoms with Crippen molar-refractivity contribution in [3.63, 3.8) is 0 Å². The molecule has 0 bridgehead atoms. The summed E-state index contributed by atoms with van der Waals surface area (Å²) in [4.78, 5) is 64.0. The normalized spacial score (nSPS) is 23.2. The number of nitro benzene ring substituents is 1. The number of rotatable bonds is 7. The molecule has 36 heavy (non-hydrogen) atoms. The van der Waals surface area contributed by atoms with Gasteiger partial charge < -0.3 is 4.74 Å². The molecule has 0 unspecified atom stereocenters. The zero-order valence-corrected chi connectivity index (χ0v) is 22.2. The van der Waals surface area contributed by atoms with Gasteiger partial charge in [0.1, 0.15) is 12.3 Å². The molecule has 2 aliphatic rings. The number of non-ortho nitro benzene ring substituents is 1. The molecule has 12 heteroatoms. The lowest BCUT2D eigenvalue weighted by Gasteiger charge is -2.30. The maximum Gasteiger partial charge on any atom is 0.273 e. The SMILES string of the molecule is COc1ccc(C(=O)CN(C(=O)c2cccc([N+](=O)[O-])c2)N2C(=O)[C@@H]3C[C@@H](Br)[C@@H](Br)C[C@H]3C2=O)cc1. The van der Waals surface area contributed by atoms with Crippen LogP contribution in [0, 0.1) is 22.0 Å². The van der Waals surface area contributed by atoms with E-state index >= 15 is 0 Å². The number of benzene rings is 2. The van der Waals surface area contributed by atoms with E-state index in [2.05, 4.69) is 31.9 Å². The molecule has 1 aliphatic carbocycles. The van der Waals surface area contributed by atoms with Crippen molar-refractivity contribution >= 4 is 61.1 Å². The number of ether oxygens (including phenoxy) is 1. The molecule has 4 rings (SSSR count). The van der Waals surface area contributed by atoms with Crippen LogP contribution in [0.4, 0.5) is 5.69 Å². The van der Waals surface area contributed by atoms with Crippen molar-refractivity contribution in [3.05, 3.63) is 69.8 Å². The second kappa shape index (κ2) is 10.5. The minimum absolute atomic E-state index is 0.0442. The maximum atomic E-state index is 13.6. The number of carbonyl (C=O) groups excluding carboxylic acids is 4. The lowest BCUT2D eigenvalue weighted by Crippen LogP contribution is -2.52. The van der Waals surface area contributed by atoms with Gasteiger partial charge in [0.2, 0.25) is 0 Å². The third-order valence-corrected chi connectivity index (χ3v) is 9.11. The molecule has 2 fully saturated rings. The van der Waals surface area contributed by atoms with E-state index in [1.807, 2.05) is 0 Å². The smallest absolute Gasteiger partial charge is 0.273 e. The Kier molecular flexibility index (Phi) is 7.55. The van der Waals surface area contributed by atoms with Gasteiger partial charge in [0.15, 0.2) is 5.78 Å². The number of hydrogen-bond donors (Lipinski definition) is 0. The van der Waals surface area contributed by atoms with Crippen LogP contribution in [-0.2, 0) is 9.59 Å². The van der Waals surface area contributed by atoms with Crippen LogP contribution < -0.4 is 4.74 Å². The number of nitro groups is 1. The van der Waals surface area contributed by atoms with Crippen LogP contribution in [-0.4, -0.2) is 61.8 Å². The van der Waals surface area contributed by atoms with E-state index in [0.29, 0.717) is 18.6 Å². The highest BCUT2D eigenvalue weighted by molar-refractivity contribution is 9.12. The first-order valence-electron chi connectivity index (χ1n) is 11.0. The fourth-order valence-electron chi connectivity index (χ4n) is 4.45. The number of alkyl halides is 2. The van der Waals surface area contributed by atoms with Gasteiger partial charge in [0, 0.05) is 32.9 Å². The van der Waals surface area contributed by atoms with Crippen LogP contribution in [0.2, 0.25) is 0 Å². The zero-order valence-electron chi connectivity index (χ0n) is 19.0. The highest BCUT2D eigenvalue weighted by Crippen LogP contribution is 2.43. The molecule has 1 saturated carbocycles. The number of amides is 3. The van der Waals surface area contributed by atoms with Crippen molar-refractivity contribution in [2.45, 2.75) is 22.5 Å². The van der Waals surface area contributed by atoms with Gasteiger partial charge in [-0.05, 0) is 43.2 Å². The van der Waals surface area contributed by atoms with Crippen molar-refractivity contribution in [2.24, 2.45) is 11.8 Å². The van der Waals surface area contributed by atoms with Crippen LogP contribution in [0.5, 0.6) is 5.75 Å². The number of hydrazine groups is 1. The van der Waals surface area contributed by atoms with Gasteiger partial charge >= 0.3 is 0 Å². The van der Waals surface area contributed by atoms with Crippen LogP contribution >= 0.6 is 31.9 Å². The quantitative estimate of drug-likeness (QED) is 0.151. The minimum atomic E-state index is -0.869. The van der Waals surface area contributed by atoms with E-state index < -0.39 is 46.8 Å². The number of fused-ring (bicyclic) bond motifs is 1. The molecule has 2 aromatic rings. The third-order valence-electron chi connectivity index (χ3n) is 6.37. The molecule has 1 aliphatic heterocycles. The Balaban J connectivity index is 1.71. The van der Waals surface area contributed by atoms with E-state index in [-0.39, 0.29) is 26.5 Å². The molecule has 4 atom stereocenters. The van der Waals surface area contributed by atoms with Gasteiger partial charge in [0.25, 0.3) is 23.4 Å². The highest BCUT2D eigenvalue weighted by Gasteiger charge is 2.54. The standard InChI is InChI=1S/C24H21Br2N3O7/c1-36-16-7-5-13(6-8-16)21(30)12-27(22(31)14-3-2-4-15(9-14)29(34)35)28-23(32)17-10-19(25)20(26)11-18(17)24(28)33/h2-9,17-20H,10-12H2,1H3/t17-,18-,19-,20+/m1/s1. The van der Waals surface area contributed by atoms with Gasteiger partial charge in [-0.2, -0.15) is 5.01 Å². The van der Waals surface area contributed by atoms with Gasteiger partial charge in [-0.25, -0.2) is 5.01 Å². The van der Waals surface area contributed by atoms with E-state index in [1.54, 1.807) is 12.1 Å². The Labute approximate surface area is 222 Å². The fourth-order valence-corrected chi connectivity index (χ4v) is 5.69. The first-order chi connectivity index (χ1) is 17.1. The molecule has 0 N–H and O–H groups in total. The van der Waals surface area contributed by atoms with Crippen molar-refractivity contribution in [1.29, 1.82) is 0 Å². The molecule has 1 saturated heterocycles. The second-order valence-electron chi connectivity index (χ2n) is 8.53. The van der Waals surface area contributed by atoms with Gasteiger partial charge in [0.05, 0.1) is 23.9 Å². The lowest BCUT2D eigenvalue weighted by molar-refractivity contribution is -0.384. The molecule has 2 aromatic carbocycles. The predicted molar refractivity (Wildman–Crippen MR) is 135 cm³/mol. The van der Waals surface area contributed by atoms with Crippen molar-refractivity contribution < 1.29 is 28.8 Å². The summed E-state index contributed by atoms with van der Waals surface area (Å²) >= 11 is 7.05. The molecule has 3 amide bonds. The average molecular weight is 623 g/mol. The number of nitrogens with zero attached hydrogens (tertiary/aromatic N) is 3. The lowest BCUT2D eigenvalue weighted by atomic mass is 9.81. The number of ketones is 1. The number of Topliss-reactive ketones (excluding diaryl/α,β-unsaturated/α-hetero) is 1. The van der Waals surface area contributed by atoms with E-state index in [1.165, 1.54) is 37.4 Å². The number of hydrogen-bond acceptors (Lipinski definition) is 7. The molecule has 188 valence electrons. The molecule has 0 spiro atoms. The van der Waals surface area contributed by atoms with Crippen LogP contribution in [0.25, 0.3) is 0 Å². The largest absolute Gasteiger partial charge is 0.497 e. The van der Waals surface area contributed by atoms with Crippen LogP contribution in [0.1, 0.15) is 33.6 Å². The topological polar surface area (TPSA) is 127 Å². The van der Waals surface area contributed by atoms with Crippen molar-refractivity contribution in [1.82, 2.24) is 10.0 Å². The van der Waals surface area contributed by atoms with E-state index in [4.69, 9.17) is 4.74 Å². The number of halogens is 2. The number of methoxy groups -OCH3 is 1. The molecular weight excluding hydrogens is 602 g/mol. The first-order valence-corrected chi connectivity index (χ1v) is 12.8. The van der Waals surface area contributed by atoms with Crippen molar-refractivity contribution in [3.8, 4) is 5.75 Å². The first kappa shape index (κ1) is 26.0. The molecule has 10 nitrogen and oxygen atoms in total. The van der Waals surface area contributed by atoms with Gasteiger partial charge in [-0.1, -0.05) is 37.9 Å². The van der Waals surface area contributed by atoms with Crippen LogP contribution in [0.15, 0.2) is 48.5 Å². The Morgan fingerprint density at radius 3 is 2.14 bits per heavy atom. The number of carbonyl (C=O) groups is 4. The zero-order chi connectivity index (χ0) is 26.1. The van der Waals surface area contributed by atoms with E-state index in [9.17, 15) is 29.3 Å². The Bertz CT molecular complexity index is 1210. The summed E-state index contributed by atoms with van der Waals surface area (Å²) in [6, 6.07) is 11.1. The summed E-state index contributed by atoms with van der Waals surface area (Å²) in [5, 5.41) is 12.8. The Hall–Kier alpha value is -3.12. The Morgan fingerprint density at radius 2 is 1.61 bits per heavy atom. The summed E-state index contributed by atoms with van der Waals surface area (Å²) in [5.74, 6) is -3.31. The summed E-state index contributed by atoms with van der Waals surface area (Å²) < 4.78 is 5.10. The molecule has 1 heterocycles. The average Bonchev–Trinajstić information content (AvgIpc) is 3.11. The Morgan fingerprint density at radius 1 is 1.03 bits per heavy atom. The van der Waals surface area contributed by atoms with Gasteiger partial charge in [-0.3, -0.25) is 29.3 Å². The van der Waals surface area contributed by atoms with Gasteiger partial charge in [-0.15, -0.1) is 0 Å². The summed E-state index contributed by atoms with van der Waals surface area (Å²) in [5.41, 5.74) is -0.219. The monoisotopic (exact) mass is 621 g/mol. The maximum absolute atomic E-state index is 13.6. The van der Waals surface area contributed by atoms with Crippen LogP contribution in [0.3, 0.4) is 0 Å². The predicted octanol–water partition coefficient (Wildman–Crippen LogP) is 3.77.